The molecule has 1 aromatic rings. The summed E-state index contributed by atoms with van der Waals surface area (Å²) < 4.78 is 9.97. The molecule has 1 N–H and O–H groups in total. The average Bonchev–Trinajstić information content (AvgIpc) is 2.31. The summed E-state index contributed by atoms with van der Waals surface area (Å²) in [5, 5.41) is 3.17. The van der Waals surface area contributed by atoms with Crippen LogP contribution >= 0.6 is 0 Å². The molecule has 1 rings (SSSR count). The van der Waals surface area contributed by atoms with Gasteiger partial charge in [0, 0.05) is 12.2 Å². The third kappa shape index (κ3) is 3.46. The normalized spacial score (nSPS) is 11.7. The van der Waals surface area contributed by atoms with Gasteiger partial charge >= 0.3 is 5.97 Å². The van der Waals surface area contributed by atoms with Gasteiger partial charge in [0.05, 0.1) is 7.11 Å². The first-order chi connectivity index (χ1) is 7.67. The van der Waals surface area contributed by atoms with Gasteiger partial charge in [-0.1, -0.05) is 0 Å². The van der Waals surface area contributed by atoms with Gasteiger partial charge in [-0.15, -0.1) is 0 Å². The Morgan fingerprint density at radius 1 is 1.38 bits per heavy atom. The van der Waals surface area contributed by atoms with Crippen LogP contribution in [0.1, 0.15) is 13.8 Å². The molecule has 0 heterocycles. The Kier molecular flexibility index (Phi) is 4.64. The smallest absolute Gasteiger partial charge is 0.346 e. The van der Waals surface area contributed by atoms with Crippen molar-refractivity contribution in [2.75, 3.05) is 19.0 Å². The molecule has 0 amide bonds. The van der Waals surface area contributed by atoms with Gasteiger partial charge < -0.3 is 14.8 Å². The number of methoxy groups -OCH3 is 1. The van der Waals surface area contributed by atoms with Crippen LogP contribution in [0.5, 0.6) is 5.75 Å². The Labute approximate surface area is 95.6 Å². The zero-order valence-corrected chi connectivity index (χ0v) is 9.82. The maximum absolute atomic E-state index is 11.1. The molecule has 88 valence electrons. The monoisotopic (exact) mass is 223 g/mol. The standard InChI is InChI=1S/C12H17NO3/c1-4-13-10-5-7-11(8-6-10)16-9(2)12(14)15-3/h5-9,13H,4H2,1-3H3. The molecule has 0 radical (unpaired) electrons. The lowest BCUT2D eigenvalue weighted by atomic mass is 10.3. The van der Waals surface area contributed by atoms with E-state index in [1.54, 1.807) is 6.92 Å². The number of ether oxygens (including phenoxy) is 2. The third-order valence-corrected chi connectivity index (χ3v) is 2.08. The van der Waals surface area contributed by atoms with Crippen molar-refractivity contribution in [3.8, 4) is 5.75 Å². The van der Waals surface area contributed by atoms with Crippen LogP contribution in [0.4, 0.5) is 5.69 Å². The maximum atomic E-state index is 11.1. The van der Waals surface area contributed by atoms with Crippen LogP contribution in [0.25, 0.3) is 0 Å². The summed E-state index contributed by atoms with van der Waals surface area (Å²) in [7, 11) is 1.34. The molecule has 0 saturated carbocycles. The topological polar surface area (TPSA) is 47.6 Å². The zero-order chi connectivity index (χ0) is 12.0. The number of rotatable bonds is 5. The fraction of sp³-hybridized carbons (Fsp3) is 0.417. The highest BCUT2D eigenvalue weighted by molar-refractivity contribution is 5.74. The van der Waals surface area contributed by atoms with Crippen LogP contribution in [0.15, 0.2) is 24.3 Å². The number of nitrogens with one attached hydrogen (secondary N) is 1. The van der Waals surface area contributed by atoms with Gasteiger partial charge in [0.1, 0.15) is 5.75 Å². The lowest BCUT2D eigenvalue weighted by Gasteiger charge is -2.12. The van der Waals surface area contributed by atoms with Gasteiger partial charge in [-0.25, -0.2) is 4.79 Å². The van der Waals surface area contributed by atoms with Crippen molar-refractivity contribution >= 4 is 11.7 Å². The first-order valence-electron chi connectivity index (χ1n) is 5.25. The van der Waals surface area contributed by atoms with Gasteiger partial charge in [0.15, 0.2) is 6.10 Å². The molecule has 0 bridgehead atoms. The van der Waals surface area contributed by atoms with E-state index in [2.05, 4.69) is 10.1 Å². The number of hydrogen-bond acceptors (Lipinski definition) is 4. The molecular formula is C12H17NO3. The summed E-state index contributed by atoms with van der Waals surface area (Å²) in [6.45, 7) is 4.56. The molecular weight excluding hydrogens is 206 g/mol. The molecule has 0 fully saturated rings. The van der Waals surface area contributed by atoms with E-state index in [0.717, 1.165) is 12.2 Å². The second kappa shape index (κ2) is 6.00. The fourth-order valence-corrected chi connectivity index (χ4v) is 1.27. The minimum Gasteiger partial charge on any atom is -0.479 e. The van der Waals surface area contributed by atoms with Crippen LogP contribution in [0.3, 0.4) is 0 Å². The molecule has 1 aromatic carbocycles. The molecule has 0 saturated heterocycles. The summed E-state index contributed by atoms with van der Waals surface area (Å²) >= 11 is 0. The van der Waals surface area contributed by atoms with Gasteiger partial charge in [-0.05, 0) is 38.1 Å². The Morgan fingerprint density at radius 2 is 2.00 bits per heavy atom. The van der Waals surface area contributed by atoms with Crippen molar-refractivity contribution in [3.63, 3.8) is 0 Å². The number of carbonyl (C=O) groups is 1. The van der Waals surface area contributed by atoms with Crippen LogP contribution < -0.4 is 10.1 Å². The number of hydrogen-bond donors (Lipinski definition) is 1. The zero-order valence-electron chi connectivity index (χ0n) is 9.82. The van der Waals surface area contributed by atoms with Crippen molar-refractivity contribution < 1.29 is 14.3 Å². The van der Waals surface area contributed by atoms with E-state index in [-0.39, 0.29) is 5.97 Å². The van der Waals surface area contributed by atoms with E-state index in [4.69, 9.17) is 4.74 Å². The van der Waals surface area contributed by atoms with Crippen molar-refractivity contribution in [3.05, 3.63) is 24.3 Å². The van der Waals surface area contributed by atoms with Crippen molar-refractivity contribution in [2.45, 2.75) is 20.0 Å². The molecule has 16 heavy (non-hydrogen) atoms. The van der Waals surface area contributed by atoms with Gasteiger partial charge in [0.2, 0.25) is 0 Å². The molecule has 4 nitrogen and oxygen atoms in total. The maximum Gasteiger partial charge on any atom is 0.346 e. The first kappa shape index (κ1) is 12.4. The van der Waals surface area contributed by atoms with Gasteiger partial charge in [0.25, 0.3) is 0 Å². The number of esters is 1. The highest BCUT2D eigenvalue weighted by Crippen LogP contribution is 2.16. The predicted molar refractivity (Wildman–Crippen MR) is 62.7 cm³/mol. The Bertz CT molecular complexity index is 335. The Balaban J connectivity index is 2.58. The average molecular weight is 223 g/mol. The minimum atomic E-state index is -0.588. The number of carbonyl (C=O) groups excluding carboxylic acids is 1. The SMILES string of the molecule is CCNc1ccc(OC(C)C(=O)OC)cc1. The molecule has 0 aliphatic carbocycles. The van der Waals surface area contributed by atoms with Crippen LogP contribution in [0.2, 0.25) is 0 Å². The van der Waals surface area contributed by atoms with E-state index < -0.39 is 6.10 Å². The summed E-state index contributed by atoms with van der Waals surface area (Å²) in [6, 6.07) is 7.44. The molecule has 4 heteroatoms. The van der Waals surface area contributed by atoms with Crippen molar-refractivity contribution in [1.29, 1.82) is 0 Å². The van der Waals surface area contributed by atoms with E-state index in [9.17, 15) is 4.79 Å². The summed E-state index contributed by atoms with van der Waals surface area (Å²) in [5.74, 6) is 0.273. The molecule has 0 aliphatic rings. The minimum absolute atomic E-state index is 0.379. The largest absolute Gasteiger partial charge is 0.479 e. The van der Waals surface area contributed by atoms with Crippen LogP contribution in [0, 0.1) is 0 Å². The molecule has 0 spiro atoms. The van der Waals surface area contributed by atoms with E-state index in [1.165, 1.54) is 7.11 Å². The second-order valence-electron chi connectivity index (χ2n) is 3.34. The Hall–Kier alpha value is -1.71. The third-order valence-electron chi connectivity index (χ3n) is 2.08. The van der Waals surface area contributed by atoms with E-state index in [1.807, 2.05) is 31.2 Å². The van der Waals surface area contributed by atoms with Crippen molar-refractivity contribution in [2.24, 2.45) is 0 Å². The lowest BCUT2D eigenvalue weighted by molar-refractivity contribution is -0.147. The van der Waals surface area contributed by atoms with Gasteiger partial charge in [-0.3, -0.25) is 0 Å². The van der Waals surface area contributed by atoms with Crippen LogP contribution in [-0.4, -0.2) is 25.7 Å². The van der Waals surface area contributed by atoms with E-state index >= 15 is 0 Å². The predicted octanol–water partition coefficient (Wildman–Crippen LogP) is 2.06. The molecule has 0 aromatic heterocycles. The fourth-order valence-electron chi connectivity index (χ4n) is 1.27. The summed E-state index contributed by atoms with van der Waals surface area (Å²) in [5.41, 5.74) is 1.03. The summed E-state index contributed by atoms with van der Waals surface area (Å²) in [4.78, 5) is 11.1. The van der Waals surface area contributed by atoms with E-state index in [0.29, 0.717) is 5.75 Å². The lowest BCUT2D eigenvalue weighted by Crippen LogP contribution is -2.24. The number of anilines is 1. The molecule has 1 atom stereocenters. The molecule has 1 unspecified atom stereocenters. The quantitative estimate of drug-likeness (QED) is 0.776. The Morgan fingerprint density at radius 3 is 2.50 bits per heavy atom. The second-order valence-corrected chi connectivity index (χ2v) is 3.34. The van der Waals surface area contributed by atoms with Crippen LogP contribution in [-0.2, 0) is 9.53 Å². The summed E-state index contributed by atoms with van der Waals surface area (Å²) in [6.07, 6.45) is -0.588. The number of benzene rings is 1. The molecule has 0 aliphatic heterocycles. The highest BCUT2D eigenvalue weighted by atomic mass is 16.6. The van der Waals surface area contributed by atoms with Crippen molar-refractivity contribution in [1.82, 2.24) is 0 Å². The van der Waals surface area contributed by atoms with Gasteiger partial charge in [-0.2, -0.15) is 0 Å². The highest BCUT2D eigenvalue weighted by Gasteiger charge is 2.14. The first-order valence-corrected chi connectivity index (χ1v) is 5.25.